The van der Waals surface area contributed by atoms with Crippen molar-refractivity contribution in [1.82, 2.24) is 9.97 Å². The SMILES string of the molecule is Cc1cc(N)cc([C@@H](C)Nc2nc(C)nc3c4c(c(N5CCOCC5)cc23)CCC4)c1. The van der Waals surface area contributed by atoms with Gasteiger partial charge in [0.25, 0.3) is 0 Å². The van der Waals surface area contributed by atoms with E-state index in [2.05, 4.69) is 36.2 Å². The lowest BCUT2D eigenvalue weighted by molar-refractivity contribution is 0.122. The number of nitrogen functional groups attached to an aromatic ring is 1. The molecule has 1 fully saturated rings. The molecule has 0 unspecified atom stereocenters. The quantitative estimate of drug-likeness (QED) is 0.616. The zero-order chi connectivity index (χ0) is 21.5. The third kappa shape index (κ3) is 3.81. The lowest BCUT2D eigenvalue weighted by Gasteiger charge is -2.31. The van der Waals surface area contributed by atoms with Gasteiger partial charge in [0.05, 0.1) is 24.8 Å². The average Bonchev–Trinajstić information content (AvgIpc) is 3.23. The molecule has 3 aromatic rings. The van der Waals surface area contributed by atoms with Gasteiger partial charge in [0.2, 0.25) is 0 Å². The predicted molar refractivity (Wildman–Crippen MR) is 127 cm³/mol. The number of benzene rings is 2. The molecule has 31 heavy (non-hydrogen) atoms. The molecule has 1 aliphatic heterocycles. The fourth-order valence-electron chi connectivity index (χ4n) is 5.04. The second-order valence-electron chi connectivity index (χ2n) is 8.86. The molecule has 0 amide bonds. The second-order valence-corrected chi connectivity index (χ2v) is 8.86. The van der Waals surface area contributed by atoms with Gasteiger partial charge in [0.1, 0.15) is 11.6 Å². The fourth-order valence-corrected chi connectivity index (χ4v) is 5.04. The molecular formula is C25H31N5O. The minimum Gasteiger partial charge on any atom is -0.399 e. The lowest BCUT2D eigenvalue weighted by atomic mass is 10.0. The topological polar surface area (TPSA) is 76.3 Å². The number of nitrogens with one attached hydrogen (secondary N) is 1. The largest absolute Gasteiger partial charge is 0.399 e. The molecule has 2 aliphatic rings. The van der Waals surface area contributed by atoms with E-state index in [0.717, 1.165) is 72.9 Å². The maximum absolute atomic E-state index is 6.10. The van der Waals surface area contributed by atoms with Gasteiger partial charge < -0.3 is 20.7 Å². The number of nitrogens with two attached hydrogens (primary N) is 1. The van der Waals surface area contributed by atoms with Gasteiger partial charge in [0, 0.05) is 29.9 Å². The fraction of sp³-hybridized carbons (Fsp3) is 0.440. The molecule has 0 saturated carbocycles. The van der Waals surface area contributed by atoms with E-state index in [-0.39, 0.29) is 6.04 Å². The number of fused-ring (bicyclic) bond motifs is 3. The van der Waals surface area contributed by atoms with Gasteiger partial charge in [-0.2, -0.15) is 0 Å². The Morgan fingerprint density at radius 3 is 2.58 bits per heavy atom. The van der Waals surface area contributed by atoms with Gasteiger partial charge in [-0.3, -0.25) is 0 Å². The second kappa shape index (κ2) is 8.00. The zero-order valence-corrected chi connectivity index (χ0v) is 18.7. The molecule has 6 nitrogen and oxygen atoms in total. The van der Waals surface area contributed by atoms with E-state index >= 15 is 0 Å². The average molecular weight is 418 g/mol. The summed E-state index contributed by atoms with van der Waals surface area (Å²) < 4.78 is 5.60. The maximum atomic E-state index is 6.10. The summed E-state index contributed by atoms with van der Waals surface area (Å²) in [5.41, 5.74) is 14.5. The van der Waals surface area contributed by atoms with Crippen molar-refractivity contribution in [2.45, 2.75) is 46.1 Å². The normalized spacial score (nSPS) is 17.1. The van der Waals surface area contributed by atoms with E-state index in [1.54, 1.807) is 0 Å². The van der Waals surface area contributed by atoms with Crippen molar-refractivity contribution < 1.29 is 4.74 Å². The van der Waals surface area contributed by atoms with Crippen molar-refractivity contribution in [1.29, 1.82) is 0 Å². The highest BCUT2D eigenvalue weighted by atomic mass is 16.5. The molecular weight excluding hydrogens is 386 g/mol. The van der Waals surface area contributed by atoms with Crippen LogP contribution in [0.2, 0.25) is 0 Å². The van der Waals surface area contributed by atoms with Crippen LogP contribution in [0.25, 0.3) is 10.9 Å². The van der Waals surface area contributed by atoms with Crippen LogP contribution in [0, 0.1) is 13.8 Å². The monoisotopic (exact) mass is 417 g/mol. The van der Waals surface area contributed by atoms with Crippen LogP contribution in [0.15, 0.2) is 24.3 Å². The molecule has 1 aliphatic carbocycles. The van der Waals surface area contributed by atoms with Gasteiger partial charge >= 0.3 is 0 Å². The molecule has 0 bridgehead atoms. The number of aromatic nitrogens is 2. The van der Waals surface area contributed by atoms with E-state index in [1.165, 1.54) is 28.8 Å². The van der Waals surface area contributed by atoms with E-state index in [4.69, 9.17) is 20.4 Å². The van der Waals surface area contributed by atoms with Gasteiger partial charge in [-0.05, 0) is 80.5 Å². The molecule has 2 heterocycles. The molecule has 1 aromatic heterocycles. The van der Waals surface area contributed by atoms with Crippen LogP contribution >= 0.6 is 0 Å². The third-order valence-electron chi connectivity index (χ3n) is 6.48. The van der Waals surface area contributed by atoms with Crippen molar-refractivity contribution in [3.63, 3.8) is 0 Å². The molecule has 0 radical (unpaired) electrons. The van der Waals surface area contributed by atoms with Crippen LogP contribution in [-0.2, 0) is 17.6 Å². The van der Waals surface area contributed by atoms with Crippen molar-refractivity contribution in [2.75, 3.05) is 42.3 Å². The number of aryl methyl sites for hydroxylation is 3. The van der Waals surface area contributed by atoms with Crippen LogP contribution in [-0.4, -0.2) is 36.3 Å². The Balaban J connectivity index is 1.61. The molecule has 3 N–H and O–H groups in total. The van der Waals surface area contributed by atoms with Gasteiger partial charge in [-0.1, -0.05) is 6.07 Å². The molecule has 2 aromatic carbocycles. The minimum absolute atomic E-state index is 0.0831. The lowest BCUT2D eigenvalue weighted by Crippen LogP contribution is -2.36. The van der Waals surface area contributed by atoms with Crippen molar-refractivity contribution in [3.8, 4) is 0 Å². The summed E-state index contributed by atoms with van der Waals surface area (Å²) in [6.45, 7) is 9.67. The molecule has 1 saturated heterocycles. The number of anilines is 3. The predicted octanol–water partition coefficient (Wildman–Crippen LogP) is 4.33. The number of morpholine rings is 1. The minimum atomic E-state index is 0.0831. The highest BCUT2D eigenvalue weighted by Gasteiger charge is 2.25. The van der Waals surface area contributed by atoms with E-state index in [0.29, 0.717) is 0 Å². The van der Waals surface area contributed by atoms with Crippen molar-refractivity contribution >= 4 is 28.1 Å². The summed E-state index contributed by atoms with van der Waals surface area (Å²) in [5.74, 6) is 1.71. The summed E-state index contributed by atoms with van der Waals surface area (Å²) in [6, 6.07) is 8.61. The van der Waals surface area contributed by atoms with Crippen LogP contribution in [0.1, 0.15) is 47.5 Å². The maximum Gasteiger partial charge on any atom is 0.138 e. The Labute approximate surface area is 183 Å². The van der Waals surface area contributed by atoms with Crippen LogP contribution in [0.3, 0.4) is 0 Å². The summed E-state index contributed by atoms with van der Waals surface area (Å²) in [5, 5.41) is 4.78. The van der Waals surface area contributed by atoms with Gasteiger partial charge in [0.15, 0.2) is 0 Å². The van der Waals surface area contributed by atoms with Gasteiger partial charge in [-0.15, -0.1) is 0 Å². The molecule has 162 valence electrons. The summed E-state index contributed by atoms with van der Waals surface area (Å²) >= 11 is 0. The summed E-state index contributed by atoms with van der Waals surface area (Å²) in [6.07, 6.45) is 3.41. The number of rotatable bonds is 4. The first-order chi connectivity index (χ1) is 15.0. The Hall–Kier alpha value is -2.86. The van der Waals surface area contributed by atoms with Crippen LogP contribution in [0.4, 0.5) is 17.2 Å². The zero-order valence-electron chi connectivity index (χ0n) is 18.7. The first-order valence-electron chi connectivity index (χ1n) is 11.3. The molecule has 5 rings (SSSR count). The Morgan fingerprint density at radius 1 is 1.03 bits per heavy atom. The molecule has 6 heteroatoms. The van der Waals surface area contributed by atoms with Crippen molar-refractivity contribution in [2.24, 2.45) is 0 Å². The Kier molecular flexibility index (Phi) is 5.18. The van der Waals surface area contributed by atoms with E-state index in [9.17, 15) is 0 Å². The van der Waals surface area contributed by atoms with Crippen LogP contribution < -0.4 is 16.0 Å². The summed E-state index contributed by atoms with van der Waals surface area (Å²) in [7, 11) is 0. The number of hydrogen-bond donors (Lipinski definition) is 2. The molecule has 1 atom stereocenters. The number of ether oxygens (including phenoxy) is 1. The van der Waals surface area contributed by atoms with Crippen molar-refractivity contribution in [3.05, 3.63) is 52.3 Å². The highest BCUT2D eigenvalue weighted by Crippen LogP contribution is 2.39. The standard InChI is InChI=1S/C25H31N5O/c1-15-11-18(13-19(26)12-15)16(2)27-25-22-14-23(30-7-9-31-10-8-30)20-5-4-6-21(20)24(22)28-17(3)29-25/h11-14,16H,4-10,26H2,1-3H3,(H,27,28,29)/t16-/m1/s1. The highest BCUT2D eigenvalue weighted by molar-refractivity contribution is 5.96. The Bertz CT molecular complexity index is 1120. The Morgan fingerprint density at radius 2 is 1.81 bits per heavy atom. The van der Waals surface area contributed by atoms with Crippen LogP contribution in [0.5, 0.6) is 0 Å². The smallest absolute Gasteiger partial charge is 0.138 e. The van der Waals surface area contributed by atoms with E-state index < -0.39 is 0 Å². The third-order valence-corrected chi connectivity index (χ3v) is 6.48. The number of nitrogens with zero attached hydrogens (tertiary/aromatic N) is 3. The van der Waals surface area contributed by atoms with Gasteiger partial charge in [-0.25, -0.2) is 9.97 Å². The first kappa shape index (κ1) is 20.1. The number of hydrogen-bond acceptors (Lipinski definition) is 6. The summed E-state index contributed by atoms with van der Waals surface area (Å²) in [4.78, 5) is 12.2. The first-order valence-corrected chi connectivity index (χ1v) is 11.3. The molecule has 0 spiro atoms. The van der Waals surface area contributed by atoms with E-state index in [1.807, 2.05) is 19.1 Å².